The van der Waals surface area contributed by atoms with Crippen molar-refractivity contribution in [3.05, 3.63) is 0 Å². The van der Waals surface area contributed by atoms with Gasteiger partial charge >= 0.3 is 5.97 Å². The first-order valence-electron chi connectivity index (χ1n) is 13.8. The fourth-order valence-corrected chi connectivity index (χ4v) is 4.37. The molecule has 238 valence electrons. The first-order valence-corrected chi connectivity index (χ1v) is 13.8. The number of hydrogen-bond donors (Lipinski definition) is 9. The predicted octanol–water partition coefficient (Wildman–Crippen LogP) is -4.12. The minimum atomic E-state index is -1.41. The largest absolute Gasteiger partial charge is 0.480 e. The highest BCUT2D eigenvalue weighted by Crippen LogP contribution is 2.19. The van der Waals surface area contributed by atoms with Crippen LogP contribution in [-0.2, 0) is 33.6 Å². The molecule has 13 N–H and O–H groups in total. The molecule has 1 heterocycles. The summed E-state index contributed by atoms with van der Waals surface area (Å²) in [5.74, 6) is -6.05. The van der Waals surface area contributed by atoms with Gasteiger partial charge in [-0.05, 0) is 58.4 Å². The number of hydrogen-bond acceptors (Lipinski definition) is 10. The summed E-state index contributed by atoms with van der Waals surface area (Å²) in [5.41, 5.74) is 21.6. The van der Waals surface area contributed by atoms with Crippen LogP contribution in [0.25, 0.3) is 0 Å². The Kier molecular flexibility index (Phi) is 15.4. The summed E-state index contributed by atoms with van der Waals surface area (Å²) in [6.07, 6.45) is -0.639. The third-order valence-corrected chi connectivity index (χ3v) is 6.83. The van der Waals surface area contributed by atoms with E-state index in [1.165, 1.54) is 11.8 Å². The molecule has 1 fully saturated rings. The third kappa shape index (κ3) is 12.0. The molecular weight excluding hydrogens is 556 g/mol. The lowest BCUT2D eigenvalue weighted by Gasteiger charge is -2.29. The number of amides is 6. The first kappa shape index (κ1) is 36.2. The average molecular weight is 601 g/mol. The van der Waals surface area contributed by atoms with Gasteiger partial charge in [0.25, 0.3) is 0 Å². The van der Waals surface area contributed by atoms with Crippen molar-refractivity contribution >= 4 is 41.4 Å². The summed E-state index contributed by atoms with van der Waals surface area (Å²) in [6.45, 7) is 1.86. The van der Waals surface area contributed by atoms with Crippen molar-refractivity contribution in [2.45, 2.75) is 101 Å². The van der Waals surface area contributed by atoms with Gasteiger partial charge in [0.15, 0.2) is 0 Å². The average Bonchev–Trinajstić information content (AvgIpc) is 3.41. The van der Waals surface area contributed by atoms with E-state index in [0.717, 1.165) is 0 Å². The van der Waals surface area contributed by atoms with Gasteiger partial charge in [0.2, 0.25) is 35.4 Å². The molecule has 1 aliphatic heterocycles. The van der Waals surface area contributed by atoms with E-state index >= 15 is 0 Å². The fraction of sp³-hybridized carbons (Fsp3) is 0.720. The van der Waals surface area contributed by atoms with E-state index in [2.05, 4.69) is 16.0 Å². The minimum Gasteiger partial charge on any atom is -0.480 e. The Bertz CT molecular complexity index is 993. The van der Waals surface area contributed by atoms with Crippen LogP contribution in [0.3, 0.4) is 0 Å². The highest BCUT2D eigenvalue weighted by molar-refractivity contribution is 5.96. The van der Waals surface area contributed by atoms with E-state index in [0.29, 0.717) is 25.8 Å². The van der Waals surface area contributed by atoms with Gasteiger partial charge in [-0.25, -0.2) is 4.79 Å². The molecule has 1 aliphatic rings. The van der Waals surface area contributed by atoms with Gasteiger partial charge in [0.05, 0.1) is 6.10 Å². The summed E-state index contributed by atoms with van der Waals surface area (Å²) in [4.78, 5) is 87.8. The number of likely N-dealkylation sites (tertiary alicyclic amines) is 1. The molecule has 6 unspecified atom stereocenters. The van der Waals surface area contributed by atoms with Crippen LogP contribution >= 0.6 is 0 Å². The Morgan fingerprint density at radius 2 is 1.38 bits per heavy atom. The molecule has 0 aromatic rings. The lowest BCUT2D eigenvalue weighted by atomic mass is 10.0. The van der Waals surface area contributed by atoms with Crippen molar-refractivity contribution in [3.8, 4) is 0 Å². The van der Waals surface area contributed by atoms with E-state index in [-0.39, 0.29) is 45.1 Å². The molecule has 0 aromatic carbocycles. The van der Waals surface area contributed by atoms with E-state index < -0.39 is 77.7 Å². The number of aliphatic hydroxyl groups excluding tert-OH is 1. The lowest BCUT2D eigenvalue weighted by molar-refractivity contribution is -0.143. The van der Waals surface area contributed by atoms with Crippen molar-refractivity contribution in [2.24, 2.45) is 22.9 Å². The second-order valence-electron chi connectivity index (χ2n) is 10.3. The van der Waals surface area contributed by atoms with Crippen LogP contribution in [0.4, 0.5) is 0 Å². The maximum Gasteiger partial charge on any atom is 0.326 e. The molecule has 42 heavy (non-hydrogen) atoms. The van der Waals surface area contributed by atoms with Crippen LogP contribution in [0.1, 0.15) is 64.7 Å². The number of primary amides is 2. The Morgan fingerprint density at radius 1 is 0.857 bits per heavy atom. The molecule has 0 spiro atoms. The van der Waals surface area contributed by atoms with Crippen LogP contribution in [0.5, 0.6) is 0 Å². The van der Waals surface area contributed by atoms with Crippen LogP contribution in [-0.4, -0.2) is 106 Å². The van der Waals surface area contributed by atoms with E-state index in [1.807, 2.05) is 0 Å². The van der Waals surface area contributed by atoms with Gasteiger partial charge < -0.3 is 54.0 Å². The Labute approximate surface area is 243 Å². The number of rotatable bonds is 19. The van der Waals surface area contributed by atoms with E-state index in [1.54, 1.807) is 0 Å². The molecule has 17 nitrogen and oxygen atoms in total. The molecule has 1 saturated heterocycles. The SMILES string of the molecule is CC(O)C(N)C(=O)N1CCCC1C(=O)NC(CCC(N)=O)C(=O)NC(CCC(N)=O)C(=O)NC(CCCCN)C(=O)O. The Hall–Kier alpha value is -3.83. The zero-order chi connectivity index (χ0) is 32.0. The quantitative estimate of drug-likeness (QED) is 0.0641. The molecule has 0 aromatic heterocycles. The highest BCUT2D eigenvalue weighted by atomic mass is 16.4. The zero-order valence-electron chi connectivity index (χ0n) is 23.8. The number of unbranched alkanes of at least 4 members (excludes halogenated alkanes) is 1. The van der Waals surface area contributed by atoms with Gasteiger partial charge in [-0.1, -0.05) is 0 Å². The third-order valence-electron chi connectivity index (χ3n) is 6.83. The molecule has 1 rings (SSSR count). The highest BCUT2D eigenvalue weighted by Gasteiger charge is 2.39. The monoisotopic (exact) mass is 600 g/mol. The maximum absolute atomic E-state index is 13.3. The number of carboxylic acids is 1. The summed E-state index contributed by atoms with van der Waals surface area (Å²) in [6, 6.07) is -6.37. The molecule has 0 radical (unpaired) electrons. The van der Waals surface area contributed by atoms with E-state index in [4.69, 9.17) is 22.9 Å². The van der Waals surface area contributed by atoms with Crippen LogP contribution in [0.2, 0.25) is 0 Å². The molecular formula is C25H44N8O9. The first-order chi connectivity index (χ1) is 19.7. The lowest BCUT2D eigenvalue weighted by Crippen LogP contribution is -2.58. The summed E-state index contributed by atoms with van der Waals surface area (Å²) >= 11 is 0. The molecule has 0 saturated carbocycles. The molecule has 6 atom stereocenters. The molecule has 0 aliphatic carbocycles. The Morgan fingerprint density at radius 3 is 1.86 bits per heavy atom. The number of nitrogens with one attached hydrogen (secondary N) is 3. The number of nitrogens with two attached hydrogens (primary N) is 4. The summed E-state index contributed by atoms with van der Waals surface area (Å²) in [5, 5.41) is 26.4. The van der Waals surface area contributed by atoms with Gasteiger partial charge in [0.1, 0.15) is 30.2 Å². The van der Waals surface area contributed by atoms with E-state index in [9.17, 15) is 43.8 Å². The minimum absolute atomic E-state index is 0.0708. The summed E-state index contributed by atoms with van der Waals surface area (Å²) in [7, 11) is 0. The number of nitrogens with zero attached hydrogens (tertiary/aromatic N) is 1. The normalized spacial score (nSPS) is 18.2. The van der Waals surface area contributed by atoms with Crippen molar-refractivity contribution in [3.63, 3.8) is 0 Å². The zero-order valence-corrected chi connectivity index (χ0v) is 23.8. The van der Waals surface area contributed by atoms with Gasteiger partial charge in [-0.15, -0.1) is 0 Å². The van der Waals surface area contributed by atoms with Crippen molar-refractivity contribution in [1.82, 2.24) is 20.9 Å². The number of aliphatic carboxylic acids is 1. The maximum atomic E-state index is 13.3. The standard InChI is InChI=1S/C25H44N8O9/c1-13(34)20(29)24(40)33-12-4-6-17(33)23(39)31-15(8-10-19(28)36)21(37)30-14(7-9-18(27)35)22(38)32-16(25(41)42)5-2-3-11-26/h13-17,20,34H,2-12,26,29H2,1H3,(H2,27,35)(H2,28,36)(H,30,37)(H,31,39)(H,32,38)(H,41,42). The smallest absolute Gasteiger partial charge is 0.326 e. The van der Waals surface area contributed by atoms with Gasteiger partial charge in [-0.3, -0.25) is 28.8 Å². The topological polar surface area (TPSA) is 303 Å². The number of carbonyl (C=O) groups excluding carboxylic acids is 6. The molecule has 0 bridgehead atoms. The van der Waals surface area contributed by atoms with Gasteiger partial charge in [-0.2, -0.15) is 0 Å². The predicted molar refractivity (Wildman–Crippen MR) is 148 cm³/mol. The number of carbonyl (C=O) groups is 7. The number of aliphatic hydroxyl groups is 1. The second-order valence-corrected chi connectivity index (χ2v) is 10.3. The van der Waals surface area contributed by atoms with Crippen LogP contribution in [0.15, 0.2) is 0 Å². The molecule has 6 amide bonds. The van der Waals surface area contributed by atoms with Crippen molar-refractivity contribution < 1.29 is 43.8 Å². The second kappa shape index (κ2) is 17.9. The van der Waals surface area contributed by atoms with Crippen LogP contribution in [0, 0.1) is 0 Å². The number of carboxylic acid groups (broad SMARTS) is 1. The van der Waals surface area contributed by atoms with Gasteiger partial charge in [0, 0.05) is 19.4 Å². The van der Waals surface area contributed by atoms with Crippen molar-refractivity contribution in [1.29, 1.82) is 0 Å². The fourth-order valence-electron chi connectivity index (χ4n) is 4.37. The Balaban J connectivity index is 3.11. The summed E-state index contributed by atoms with van der Waals surface area (Å²) < 4.78 is 0. The van der Waals surface area contributed by atoms with Crippen molar-refractivity contribution in [2.75, 3.05) is 13.1 Å². The van der Waals surface area contributed by atoms with Crippen LogP contribution < -0.4 is 38.9 Å². The molecule has 17 heteroatoms.